The Kier molecular flexibility index (Phi) is 2.34. The number of nitrogens with zero attached hydrogens (tertiary/aromatic N) is 1. The summed E-state index contributed by atoms with van der Waals surface area (Å²) >= 11 is 1.03. The van der Waals surface area contributed by atoms with E-state index in [-0.39, 0.29) is 9.63 Å². The van der Waals surface area contributed by atoms with Crippen LogP contribution in [0.2, 0.25) is 0 Å². The monoisotopic (exact) mass is 229 g/mol. The molecule has 0 saturated heterocycles. The Hall–Kier alpha value is -0.850. The lowest BCUT2D eigenvalue weighted by atomic mass is 10.3. The topological polar surface area (TPSA) is 66.7 Å². The first-order chi connectivity index (χ1) is 6.57. The van der Waals surface area contributed by atoms with Crippen LogP contribution in [0, 0.1) is 0 Å². The van der Waals surface area contributed by atoms with Gasteiger partial charge in [0.15, 0.2) is 0 Å². The van der Waals surface area contributed by atoms with Crippen molar-refractivity contribution in [1.29, 1.82) is 0 Å². The van der Waals surface area contributed by atoms with Gasteiger partial charge in [-0.15, -0.1) is 0 Å². The fraction of sp³-hybridized carbons (Fsp3) is 0.125. The van der Waals surface area contributed by atoms with Crippen molar-refractivity contribution >= 4 is 26.3 Å². The van der Waals surface area contributed by atoms with Crippen molar-refractivity contribution in [3.8, 4) is 0 Å². The molecule has 0 aromatic heterocycles. The maximum atomic E-state index is 10.8. The van der Waals surface area contributed by atoms with Gasteiger partial charge in [0.1, 0.15) is 0 Å². The van der Waals surface area contributed by atoms with Crippen molar-refractivity contribution in [2.24, 2.45) is 4.99 Å². The molecule has 0 amide bonds. The van der Waals surface area contributed by atoms with Crippen molar-refractivity contribution in [1.82, 2.24) is 0 Å². The largest absolute Gasteiger partial charge is 0.318 e. The van der Waals surface area contributed by atoms with E-state index >= 15 is 0 Å². The van der Waals surface area contributed by atoms with Gasteiger partial charge in [0, 0.05) is 0 Å². The zero-order valence-electron chi connectivity index (χ0n) is 6.99. The van der Waals surface area contributed by atoms with Crippen LogP contribution in [0.5, 0.6) is 0 Å². The smallest absolute Gasteiger partial charge is 0.280 e. The number of rotatable bonds is 0. The van der Waals surface area contributed by atoms with Gasteiger partial charge in [-0.2, -0.15) is 8.42 Å². The summed E-state index contributed by atoms with van der Waals surface area (Å²) in [4.78, 5) is 3.84. The molecule has 0 spiro atoms. The fourth-order valence-corrected chi connectivity index (χ4v) is 2.95. The van der Waals surface area contributed by atoms with Crippen LogP contribution in [-0.2, 0) is 10.1 Å². The Morgan fingerprint density at radius 1 is 1.36 bits per heavy atom. The molecule has 1 aliphatic carbocycles. The molecule has 0 aromatic rings. The normalized spacial score (nSPS) is 25.4. The number of aliphatic imine (C=N–C) groups is 1. The van der Waals surface area contributed by atoms with E-state index in [4.69, 9.17) is 4.55 Å². The van der Waals surface area contributed by atoms with Crippen LogP contribution in [0.15, 0.2) is 41.1 Å². The van der Waals surface area contributed by atoms with Gasteiger partial charge in [0.05, 0.1) is 10.9 Å². The molecule has 0 bridgehead atoms. The van der Waals surface area contributed by atoms with E-state index in [1.165, 1.54) is 0 Å². The number of hydrogen-bond acceptors (Lipinski definition) is 4. The minimum Gasteiger partial charge on any atom is -0.280 e. The summed E-state index contributed by atoms with van der Waals surface area (Å²) in [5.41, 5.74) is 0.646. The van der Waals surface area contributed by atoms with E-state index in [9.17, 15) is 8.42 Å². The third-order valence-electron chi connectivity index (χ3n) is 1.74. The van der Waals surface area contributed by atoms with Crippen LogP contribution in [0.1, 0.15) is 0 Å². The molecule has 2 aliphatic rings. The summed E-state index contributed by atoms with van der Waals surface area (Å²) in [7, 11) is -4.16. The summed E-state index contributed by atoms with van der Waals surface area (Å²) in [5, 5.41) is -0.109. The molecule has 1 atom stereocenters. The lowest BCUT2D eigenvalue weighted by Gasteiger charge is -2.00. The van der Waals surface area contributed by atoms with Crippen LogP contribution in [0.3, 0.4) is 0 Å². The van der Waals surface area contributed by atoms with Crippen LogP contribution in [-0.4, -0.2) is 22.6 Å². The number of thioether (sulfide) groups is 1. The first-order valence-electron chi connectivity index (χ1n) is 3.85. The first kappa shape index (κ1) is 9.70. The molecule has 0 aromatic carbocycles. The lowest BCUT2D eigenvalue weighted by Crippen LogP contribution is -2.07. The van der Waals surface area contributed by atoms with E-state index in [1.807, 2.05) is 18.2 Å². The highest BCUT2D eigenvalue weighted by Crippen LogP contribution is 2.33. The second-order valence-electron chi connectivity index (χ2n) is 2.75. The third-order valence-corrected chi connectivity index (χ3v) is 4.13. The molecular weight excluding hydrogens is 222 g/mol. The van der Waals surface area contributed by atoms with E-state index < -0.39 is 10.1 Å². The zero-order valence-corrected chi connectivity index (χ0v) is 8.62. The summed E-state index contributed by atoms with van der Waals surface area (Å²) in [6.45, 7) is 0. The summed E-state index contributed by atoms with van der Waals surface area (Å²) in [6.07, 6.45) is 9.01. The predicted molar refractivity (Wildman–Crippen MR) is 56.7 cm³/mol. The second-order valence-corrected chi connectivity index (χ2v) is 5.48. The fourth-order valence-electron chi connectivity index (χ4n) is 1.14. The van der Waals surface area contributed by atoms with Crippen molar-refractivity contribution in [3.05, 3.63) is 36.1 Å². The van der Waals surface area contributed by atoms with Crippen molar-refractivity contribution in [2.75, 3.05) is 0 Å². The van der Waals surface area contributed by atoms with Crippen LogP contribution in [0.25, 0.3) is 0 Å². The highest BCUT2D eigenvalue weighted by Gasteiger charge is 2.30. The molecule has 4 nitrogen and oxygen atoms in total. The Bertz CT molecular complexity index is 471. The average Bonchev–Trinajstić information content (AvgIpc) is 2.38. The van der Waals surface area contributed by atoms with E-state index in [0.717, 1.165) is 11.8 Å². The molecule has 0 fully saturated rings. The highest BCUT2D eigenvalue weighted by molar-refractivity contribution is 8.34. The molecule has 0 radical (unpaired) electrons. The average molecular weight is 229 g/mol. The quantitative estimate of drug-likeness (QED) is 0.637. The first-order valence-corrected chi connectivity index (χ1v) is 6.17. The van der Waals surface area contributed by atoms with Gasteiger partial charge in [-0.25, -0.2) is 4.99 Å². The Balaban J connectivity index is 2.39. The molecule has 74 valence electrons. The maximum Gasteiger partial charge on any atom is 0.318 e. The molecule has 0 unspecified atom stereocenters. The Morgan fingerprint density at radius 2 is 2.14 bits per heavy atom. The third kappa shape index (κ3) is 1.82. The van der Waals surface area contributed by atoms with Gasteiger partial charge in [-0.05, 0) is 6.08 Å². The highest BCUT2D eigenvalue weighted by atomic mass is 32.3. The Labute approximate surface area is 85.9 Å². The second kappa shape index (κ2) is 3.38. The van der Waals surface area contributed by atoms with Crippen LogP contribution >= 0.6 is 11.8 Å². The van der Waals surface area contributed by atoms with Crippen molar-refractivity contribution < 1.29 is 13.0 Å². The van der Waals surface area contributed by atoms with Crippen LogP contribution < -0.4 is 0 Å². The minimum absolute atomic E-state index is 0.109. The molecule has 1 heterocycles. The molecular formula is C8H7NO3S2. The van der Waals surface area contributed by atoms with Gasteiger partial charge >= 0.3 is 10.1 Å². The number of allylic oxidation sites excluding steroid dienone is 4. The molecule has 14 heavy (non-hydrogen) atoms. The lowest BCUT2D eigenvalue weighted by molar-refractivity contribution is 0.499. The van der Waals surface area contributed by atoms with Crippen molar-refractivity contribution in [2.45, 2.75) is 5.25 Å². The summed E-state index contributed by atoms with van der Waals surface area (Å²) < 4.78 is 30.2. The minimum atomic E-state index is -4.16. The molecule has 2 rings (SSSR count). The maximum absolute atomic E-state index is 10.8. The van der Waals surface area contributed by atoms with E-state index in [2.05, 4.69) is 4.99 Å². The van der Waals surface area contributed by atoms with Gasteiger partial charge in [-0.3, -0.25) is 4.55 Å². The van der Waals surface area contributed by atoms with Gasteiger partial charge in [-0.1, -0.05) is 36.1 Å². The van der Waals surface area contributed by atoms with Gasteiger partial charge in [0.2, 0.25) is 4.38 Å². The predicted octanol–water partition coefficient (Wildman–Crippen LogP) is 1.36. The Morgan fingerprint density at radius 3 is 2.86 bits per heavy atom. The van der Waals surface area contributed by atoms with E-state index in [0.29, 0.717) is 5.70 Å². The zero-order chi connectivity index (χ0) is 10.2. The van der Waals surface area contributed by atoms with Gasteiger partial charge < -0.3 is 0 Å². The molecule has 0 saturated carbocycles. The molecule has 6 heteroatoms. The van der Waals surface area contributed by atoms with Crippen LogP contribution in [0.4, 0.5) is 0 Å². The molecule has 1 N–H and O–H groups in total. The van der Waals surface area contributed by atoms with E-state index in [1.54, 1.807) is 12.2 Å². The standard InChI is InChI=1S/C8H7NO3S2/c10-14(11,12)8-9-6-4-2-1-3-5-7(6)13-8/h1-5,7H,(H,10,11,12)/t7-/m1/s1. The molecule has 1 aliphatic heterocycles. The number of fused-ring (bicyclic) bond motifs is 1. The summed E-state index contributed by atoms with van der Waals surface area (Å²) in [6, 6.07) is 0. The van der Waals surface area contributed by atoms with Gasteiger partial charge in [0.25, 0.3) is 0 Å². The summed E-state index contributed by atoms with van der Waals surface area (Å²) in [5.74, 6) is 0. The van der Waals surface area contributed by atoms with Crippen molar-refractivity contribution in [3.63, 3.8) is 0 Å². The SMILES string of the molecule is O=S(=O)(O)C1=NC2=CC=CC=C[C@H]2S1. The number of hydrogen-bond donors (Lipinski definition) is 1.